The predicted molar refractivity (Wildman–Crippen MR) is 73.4 cm³/mol. The smallest absolute Gasteiger partial charge is 0.330 e. The van der Waals surface area contributed by atoms with Crippen LogP contribution in [0.5, 0.6) is 0 Å². The van der Waals surface area contributed by atoms with Crippen LogP contribution >= 0.6 is 11.6 Å². The highest BCUT2D eigenvalue weighted by Gasteiger charge is 1.92. The van der Waals surface area contributed by atoms with E-state index in [0.717, 1.165) is 25.1 Å². The first-order valence-corrected chi connectivity index (χ1v) is 7.15. The van der Waals surface area contributed by atoms with Gasteiger partial charge in [-0.15, -0.1) is 11.6 Å². The van der Waals surface area contributed by atoms with Gasteiger partial charge in [0.25, 0.3) is 0 Å². The highest BCUT2D eigenvalue weighted by atomic mass is 35.5. The van der Waals surface area contributed by atoms with E-state index in [4.69, 9.17) is 11.6 Å². The molecule has 0 aliphatic heterocycles. The van der Waals surface area contributed by atoms with Gasteiger partial charge in [-0.25, -0.2) is 4.79 Å². The summed E-state index contributed by atoms with van der Waals surface area (Å²) in [6.45, 7) is 0. The Balaban J connectivity index is 3.08. The van der Waals surface area contributed by atoms with Gasteiger partial charge in [-0.3, -0.25) is 0 Å². The monoisotopic (exact) mass is 260 g/mol. The lowest BCUT2D eigenvalue weighted by molar-refractivity contribution is -0.134. The van der Waals surface area contributed by atoms with Crippen LogP contribution in [0.2, 0.25) is 0 Å². The van der Waals surface area contributed by atoms with Crippen molar-refractivity contribution in [3.05, 3.63) is 12.2 Å². The van der Waals surface area contributed by atoms with Crippen molar-refractivity contribution in [3.63, 3.8) is 0 Å². The van der Waals surface area contributed by atoms with Gasteiger partial charge in [0.05, 0.1) is 7.11 Å². The Kier molecular flexibility index (Phi) is 13.2. The van der Waals surface area contributed by atoms with Crippen molar-refractivity contribution in [1.29, 1.82) is 0 Å². The average molecular weight is 261 g/mol. The summed E-state index contributed by atoms with van der Waals surface area (Å²) in [6, 6.07) is 0. The fraction of sp³-hybridized carbons (Fsp3) is 0.786. The van der Waals surface area contributed by atoms with Crippen LogP contribution in [0.4, 0.5) is 0 Å². The van der Waals surface area contributed by atoms with Crippen molar-refractivity contribution in [1.82, 2.24) is 0 Å². The van der Waals surface area contributed by atoms with Crippen LogP contribution in [0, 0.1) is 0 Å². The number of allylic oxidation sites excluding steroid dienone is 1. The van der Waals surface area contributed by atoms with E-state index < -0.39 is 0 Å². The quantitative estimate of drug-likeness (QED) is 0.237. The molecule has 0 aromatic carbocycles. The topological polar surface area (TPSA) is 26.3 Å². The Morgan fingerprint density at radius 1 is 1.00 bits per heavy atom. The number of esters is 1. The highest BCUT2D eigenvalue weighted by molar-refractivity contribution is 6.17. The molecule has 0 atom stereocenters. The molecule has 0 N–H and O–H groups in total. The molecule has 2 nitrogen and oxygen atoms in total. The van der Waals surface area contributed by atoms with Gasteiger partial charge in [0.2, 0.25) is 0 Å². The molecule has 0 aromatic heterocycles. The third kappa shape index (κ3) is 13.4. The van der Waals surface area contributed by atoms with Gasteiger partial charge in [0, 0.05) is 12.0 Å². The zero-order valence-electron chi connectivity index (χ0n) is 10.9. The standard InChI is InChI=1S/C14H25ClO2/c1-17-14(16)12-10-8-6-4-2-3-5-7-9-11-13-15/h10,12H,2-9,11,13H2,1H3/b12-10+. The molecule has 0 bridgehead atoms. The molecule has 0 spiro atoms. The van der Waals surface area contributed by atoms with E-state index in [1.54, 1.807) is 0 Å². The summed E-state index contributed by atoms with van der Waals surface area (Å²) in [4.78, 5) is 10.8. The summed E-state index contributed by atoms with van der Waals surface area (Å²) < 4.78 is 4.51. The number of halogens is 1. The molecule has 0 radical (unpaired) electrons. The van der Waals surface area contributed by atoms with E-state index in [2.05, 4.69) is 4.74 Å². The molecule has 100 valence electrons. The lowest BCUT2D eigenvalue weighted by Crippen LogP contribution is -1.93. The number of methoxy groups -OCH3 is 1. The number of carbonyl (C=O) groups is 1. The van der Waals surface area contributed by atoms with Crippen molar-refractivity contribution in [2.24, 2.45) is 0 Å². The van der Waals surface area contributed by atoms with Crippen LogP contribution in [0.3, 0.4) is 0 Å². The Morgan fingerprint density at radius 2 is 1.53 bits per heavy atom. The molecular formula is C14H25ClO2. The van der Waals surface area contributed by atoms with Crippen LogP contribution < -0.4 is 0 Å². The van der Waals surface area contributed by atoms with Gasteiger partial charge in [0.1, 0.15) is 0 Å². The minimum atomic E-state index is -0.260. The van der Waals surface area contributed by atoms with Crippen molar-refractivity contribution >= 4 is 17.6 Å². The molecule has 17 heavy (non-hydrogen) atoms. The van der Waals surface area contributed by atoms with Gasteiger partial charge >= 0.3 is 5.97 Å². The maximum absolute atomic E-state index is 10.8. The van der Waals surface area contributed by atoms with Gasteiger partial charge in [0.15, 0.2) is 0 Å². The number of ether oxygens (including phenoxy) is 1. The van der Waals surface area contributed by atoms with Crippen LogP contribution in [-0.4, -0.2) is 19.0 Å². The van der Waals surface area contributed by atoms with Crippen LogP contribution in [0.15, 0.2) is 12.2 Å². The minimum absolute atomic E-state index is 0.260. The first-order valence-electron chi connectivity index (χ1n) is 6.61. The van der Waals surface area contributed by atoms with Crippen molar-refractivity contribution in [3.8, 4) is 0 Å². The van der Waals surface area contributed by atoms with Crippen molar-refractivity contribution < 1.29 is 9.53 Å². The van der Waals surface area contributed by atoms with E-state index in [1.165, 1.54) is 51.7 Å². The third-order valence-corrected chi connectivity index (χ3v) is 2.98. The fourth-order valence-corrected chi connectivity index (χ4v) is 1.85. The maximum atomic E-state index is 10.8. The first-order chi connectivity index (χ1) is 8.31. The van der Waals surface area contributed by atoms with E-state index in [0.29, 0.717) is 0 Å². The fourth-order valence-electron chi connectivity index (χ4n) is 1.66. The molecule has 0 rings (SSSR count). The normalized spacial score (nSPS) is 10.9. The molecule has 0 fully saturated rings. The van der Waals surface area contributed by atoms with Crippen molar-refractivity contribution in [2.45, 2.75) is 57.8 Å². The molecule has 0 aromatic rings. The van der Waals surface area contributed by atoms with Crippen LogP contribution in [-0.2, 0) is 9.53 Å². The Hall–Kier alpha value is -0.500. The third-order valence-electron chi connectivity index (χ3n) is 2.71. The first kappa shape index (κ1) is 16.5. The second-order valence-electron chi connectivity index (χ2n) is 4.23. The van der Waals surface area contributed by atoms with Crippen LogP contribution in [0.25, 0.3) is 0 Å². The molecule has 0 aliphatic carbocycles. The van der Waals surface area contributed by atoms with E-state index >= 15 is 0 Å². The molecule has 0 heterocycles. The summed E-state index contributed by atoms with van der Waals surface area (Å²) in [5, 5.41) is 0. The predicted octanol–water partition coefficient (Wildman–Crippen LogP) is 4.47. The highest BCUT2D eigenvalue weighted by Crippen LogP contribution is 2.10. The number of hydrogen-bond acceptors (Lipinski definition) is 2. The summed E-state index contributed by atoms with van der Waals surface area (Å²) in [7, 11) is 1.40. The summed E-state index contributed by atoms with van der Waals surface area (Å²) in [5.41, 5.74) is 0. The zero-order chi connectivity index (χ0) is 12.8. The zero-order valence-corrected chi connectivity index (χ0v) is 11.7. The lowest BCUT2D eigenvalue weighted by atomic mass is 10.1. The van der Waals surface area contributed by atoms with Crippen molar-refractivity contribution in [2.75, 3.05) is 13.0 Å². The molecule has 0 saturated heterocycles. The largest absolute Gasteiger partial charge is 0.466 e. The molecule has 0 saturated carbocycles. The Bertz CT molecular complexity index is 202. The molecule has 0 aliphatic rings. The maximum Gasteiger partial charge on any atom is 0.330 e. The summed E-state index contributed by atoms with van der Waals surface area (Å²) >= 11 is 5.61. The second-order valence-corrected chi connectivity index (χ2v) is 4.61. The Labute approximate surface area is 110 Å². The van der Waals surface area contributed by atoms with Crippen LogP contribution in [0.1, 0.15) is 57.8 Å². The molecule has 3 heteroatoms. The second kappa shape index (κ2) is 13.6. The SMILES string of the molecule is COC(=O)/C=C/CCCCCCCCCCCl. The summed E-state index contributed by atoms with van der Waals surface area (Å²) in [5.74, 6) is 0.538. The van der Waals surface area contributed by atoms with E-state index in [9.17, 15) is 4.79 Å². The number of carbonyl (C=O) groups excluding carboxylic acids is 1. The minimum Gasteiger partial charge on any atom is -0.466 e. The van der Waals surface area contributed by atoms with Gasteiger partial charge in [-0.2, -0.15) is 0 Å². The molecule has 0 unspecified atom stereocenters. The number of hydrogen-bond donors (Lipinski definition) is 0. The number of unbranched alkanes of at least 4 members (excludes halogenated alkanes) is 8. The number of alkyl halides is 1. The lowest BCUT2D eigenvalue weighted by Gasteiger charge is -2.00. The van der Waals surface area contributed by atoms with E-state index in [-0.39, 0.29) is 5.97 Å². The van der Waals surface area contributed by atoms with Gasteiger partial charge in [-0.05, 0) is 19.3 Å². The average Bonchev–Trinajstić information content (AvgIpc) is 2.35. The van der Waals surface area contributed by atoms with Gasteiger partial charge in [-0.1, -0.05) is 44.6 Å². The Morgan fingerprint density at radius 3 is 2.06 bits per heavy atom. The van der Waals surface area contributed by atoms with E-state index in [1.807, 2.05) is 6.08 Å². The summed E-state index contributed by atoms with van der Waals surface area (Å²) in [6.07, 6.45) is 14.5. The van der Waals surface area contributed by atoms with Gasteiger partial charge < -0.3 is 4.74 Å². The molecular weight excluding hydrogens is 236 g/mol. The molecule has 0 amide bonds. The number of rotatable bonds is 11.